The molecule has 1 rings (SSSR count). The maximum atomic E-state index is 5.00. The van der Waals surface area contributed by atoms with E-state index in [1.807, 2.05) is 0 Å². The summed E-state index contributed by atoms with van der Waals surface area (Å²) in [6.07, 6.45) is 0. The summed E-state index contributed by atoms with van der Waals surface area (Å²) in [5.74, 6) is 0. The maximum absolute atomic E-state index is 5.00. The van der Waals surface area contributed by atoms with Crippen molar-refractivity contribution in [2.24, 2.45) is 0 Å². The third-order valence-corrected chi connectivity index (χ3v) is 6.34. The average Bonchev–Trinajstić information content (AvgIpc) is 1.98. The molecule has 1 aromatic rings. The highest BCUT2D eigenvalue weighted by molar-refractivity contribution is 14.1. The SMILES string of the molecule is Cc1ssc(=S)c1I. The molecule has 4 heteroatoms. The van der Waals surface area contributed by atoms with Crippen molar-refractivity contribution in [1.82, 2.24) is 0 Å². The molecule has 0 saturated heterocycles. The van der Waals surface area contributed by atoms with Crippen molar-refractivity contribution in [2.45, 2.75) is 6.92 Å². The fraction of sp³-hybridized carbons (Fsp3) is 0.250. The molecular weight excluding hydrogens is 271 g/mol. The molecule has 0 radical (unpaired) electrons. The van der Waals surface area contributed by atoms with Crippen LogP contribution >= 0.6 is 55.5 Å². The standard InChI is InChI=1S/C4H3IS3/c1-2-3(5)4(6)8-7-2/h1H3. The van der Waals surface area contributed by atoms with Crippen LogP contribution in [0.3, 0.4) is 0 Å². The maximum Gasteiger partial charge on any atom is 0.115 e. The fourth-order valence-corrected chi connectivity index (χ4v) is 4.17. The van der Waals surface area contributed by atoms with E-state index in [4.69, 9.17) is 12.2 Å². The molecule has 0 aromatic carbocycles. The van der Waals surface area contributed by atoms with Crippen LogP contribution in [0.2, 0.25) is 0 Å². The lowest BCUT2D eigenvalue weighted by atomic mass is 10.6. The molecule has 1 heterocycles. The molecule has 0 fully saturated rings. The summed E-state index contributed by atoms with van der Waals surface area (Å²) >= 11 is 7.28. The van der Waals surface area contributed by atoms with Crippen molar-refractivity contribution in [3.05, 3.63) is 12.3 Å². The van der Waals surface area contributed by atoms with Gasteiger partial charge in [-0.25, -0.2) is 0 Å². The second-order valence-corrected chi connectivity index (χ2v) is 5.42. The third-order valence-electron chi connectivity index (χ3n) is 0.731. The van der Waals surface area contributed by atoms with Gasteiger partial charge in [-0.05, 0) is 29.5 Å². The van der Waals surface area contributed by atoms with Crippen molar-refractivity contribution in [3.8, 4) is 0 Å². The summed E-state index contributed by atoms with van der Waals surface area (Å²) in [4.78, 5) is 1.35. The van der Waals surface area contributed by atoms with Crippen molar-refractivity contribution >= 4 is 55.5 Å². The molecule has 1 aromatic heterocycles. The summed E-state index contributed by atoms with van der Waals surface area (Å²) < 4.78 is 2.29. The molecule has 0 nitrogen and oxygen atoms in total. The van der Waals surface area contributed by atoms with Gasteiger partial charge in [-0.15, -0.1) is 0 Å². The highest BCUT2D eigenvalue weighted by Crippen LogP contribution is 2.24. The van der Waals surface area contributed by atoms with Crippen LogP contribution in [-0.2, 0) is 0 Å². The minimum absolute atomic E-state index is 1.04. The summed E-state index contributed by atoms with van der Waals surface area (Å²) in [5, 5.41) is 0. The van der Waals surface area contributed by atoms with Gasteiger partial charge in [-0.1, -0.05) is 32.9 Å². The zero-order chi connectivity index (χ0) is 6.15. The van der Waals surface area contributed by atoms with Gasteiger partial charge < -0.3 is 0 Å². The second-order valence-electron chi connectivity index (χ2n) is 1.32. The molecular formula is C4H3IS3. The Morgan fingerprint density at radius 3 is 2.25 bits per heavy atom. The molecule has 0 N–H and O–H groups in total. The lowest BCUT2D eigenvalue weighted by Crippen LogP contribution is -1.62. The van der Waals surface area contributed by atoms with Crippen LogP contribution in [0.1, 0.15) is 4.88 Å². The van der Waals surface area contributed by atoms with Gasteiger partial charge in [0, 0.05) is 4.88 Å². The summed E-state index contributed by atoms with van der Waals surface area (Å²) in [5.41, 5.74) is 0. The van der Waals surface area contributed by atoms with E-state index >= 15 is 0 Å². The number of hydrogen-bond acceptors (Lipinski definition) is 3. The highest BCUT2D eigenvalue weighted by atomic mass is 127. The highest BCUT2D eigenvalue weighted by Gasteiger charge is 1.96. The van der Waals surface area contributed by atoms with Crippen LogP contribution < -0.4 is 0 Å². The third kappa shape index (κ3) is 1.29. The lowest BCUT2D eigenvalue weighted by molar-refractivity contribution is 1.58. The second kappa shape index (κ2) is 2.72. The van der Waals surface area contributed by atoms with Gasteiger partial charge in [0.1, 0.15) is 3.82 Å². The van der Waals surface area contributed by atoms with Crippen LogP contribution in [0.5, 0.6) is 0 Å². The minimum atomic E-state index is 1.04. The van der Waals surface area contributed by atoms with Crippen molar-refractivity contribution in [2.75, 3.05) is 0 Å². The van der Waals surface area contributed by atoms with E-state index < -0.39 is 0 Å². The van der Waals surface area contributed by atoms with E-state index in [0.29, 0.717) is 0 Å². The molecule has 0 atom stereocenters. The normalized spacial score (nSPS) is 9.75. The zero-order valence-electron chi connectivity index (χ0n) is 4.10. The molecule has 0 aliphatic carbocycles. The number of hydrogen-bond donors (Lipinski definition) is 0. The van der Waals surface area contributed by atoms with Gasteiger partial charge in [0.25, 0.3) is 0 Å². The topological polar surface area (TPSA) is 0 Å². The molecule has 8 heavy (non-hydrogen) atoms. The Morgan fingerprint density at radius 1 is 1.50 bits per heavy atom. The Hall–Kier alpha value is 1.00. The van der Waals surface area contributed by atoms with Crippen LogP contribution in [-0.4, -0.2) is 0 Å². The van der Waals surface area contributed by atoms with Crippen molar-refractivity contribution < 1.29 is 0 Å². The zero-order valence-corrected chi connectivity index (χ0v) is 8.71. The number of halogens is 1. The summed E-state index contributed by atoms with van der Waals surface area (Å²) in [6, 6.07) is 0. The largest absolute Gasteiger partial charge is 0.115 e. The Bertz CT molecular complexity index is 234. The predicted molar refractivity (Wildman–Crippen MR) is 50.5 cm³/mol. The van der Waals surface area contributed by atoms with E-state index in [1.54, 1.807) is 20.7 Å². The fourth-order valence-electron chi connectivity index (χ4n) is 0.317. The Labute approximate surface area is 74.1 Å². The summed E-state index contributed by atoms with van der Waals surface area (Å²) in [6.45, 7) is 2.10. The first-order chi connectivity index (χ1) is 3.72. The first kappa shape index (κ1) is 7.11. The first-order valence-electron chi connectivity index (χ1n) is 1.97. The van der Waals surface area contributed by atoms with E-state index in [9.17, 15) is 0 Å². The van der Waals surface area contributed by atoms with Gasteiger partial charge in [0.2, 0.25) is 0 Å². The van der Waals surface area contributed by atoms with Gasteiger partial charge in [0.05, 0.1) is 3.57 Å². The van der Waals surface area contributed by atoms with Gasteiger partial charge >= 0.3 is 0 Å². The molecule has 0 aliphatic rings. The van der Waals surface area contributed by atoms with Crippen LogP contribution in [0, 0.1) is 14.3 Å². The predicted octanol–water partition coefficient (Wildman–Crippen LogP) is 3.45. The molecule has 0 aliphatic heterocycles. The Balaban J connectivity index is 3.41. The molecule has 0 spiro atoms. The first-order valence-corrected chi connectivity index (χ1v) is 5.60. The van der Waals surface area contributed by atoms with E-state index in [2.05, 4.69) is 29.5 Å². The lowest BCUT2D eigenvalue weighted by Gasteiger charge is -1.76. The Morgan fingerprint density at radius 2 is 2.12 bits per heavy atom. The van der Waals surface area contributed by atoms with Crippen LogP contribution in [0.25, 0.3) is 0 Å². The molecule has 44 valence electrons. The van der Waals surface area contributed by atoms with Gasteiger partial charge in [-0.3, -0.25) is 0 Å². The molecule has 0 saturated carbocycles. The van der Waals surface area contributed by atoms with Crippen LogP contribution in [0.15, 0.2) is 0 Å². The van der Waals surface area contributed by atoms with E-state index in [1.165, 1.54) is 8.45 Å². The summed E-state index contributed by atoms with van der Waals surface area (Å²) in [7, 11) is 3.44. The number of rotatable bonds is 0. The minimum Gasteiger partial charge on any atom is -0.0828 e. The van der Waals surface area contributed by atoms with Crippen molar-refractivity contribution in [3.63, 3.8) is 0 Å². The van der Waals surface area contributed by atoms with Crippen LogP contribution in [0.4, 0.5) is 0 Å². The van der Waals surface area contributed by atoms with Gasteiger partial charge in [0.15, 0.2) is 0 Å². The van der Waals surface area contributed by atoms with Gasteiger partial charge in [-0.2, -0.15) is 0 Å². The quantitative estimate of drug-likeness (QED) is 0.396. The smallest absolute Gasteiger partial charge is 0.0828 e. The molecule has 0 bridgehead atoms. The Kier molecular flexibility index (Phi) is 2.42. The monoisotopic (exact) mass is 274 g/mol. The molecule has 0 unspecified atom stereocenters. The van der Waals surface area contributed by atoms with Crippen molar-refractivity contribution in [1.29, 1.82) is 0 Å². The number of aryl methyl sites for hydroxylation is 1. The van der Waals surface area contributed by atoms with E-state index in [0.717, 1.165) is 3.82 Å². The molecule has 0 amide bonds. The average molecular weight is 274 g/mol. The van der Waals surface area contributed by atoms with E-state index in [-0.39, 0.29) is 0 Å².